The number of ether oxygens (including phenoxy) is 1. The van der Waals surface area contributed by atoms with Crippen LogP contribution in [0.2, 0.25) is 0 Å². The number of aromatic nitrogens is 2. The van der Waals surface area contributed by atoms with Crippen LogP contribution in [0.25, 0.3) is 0 Å². The van der Waals surface area contributed by atoms with E-state index in [-0.39, 0.29) is 25.9 Å². The Morgan fingerprint density at radius 1 is 1.00 bits per heavy atom. The summed E-state index contributed by atoms with van der Waals surface area (Å²) in [6.07, 6.45) is 6.60. The lowest BCUT2D eigenvalue weighted by molar-refractivity contribution is -0.137. The van der Waals surface area contributed by atoms with Crippen molar-refractivity contribution in [1.29, 1.82) is 0 Å². The highest BCUT2D eigenvalue weighted by Gasteiger charge is 2.24. The molecule has 2 aromatic heterocycles. The first-order valence-corrected chi connectivity index (χ1v) is 12.6. The number of amides is 3. The molecule has 0 saturated heterocycles. The van der Waals surface area contributed by atoms with Gasteiger partial charge >= 0.3 is 5.97 Å². The smallest absolute Gasteiger partial charge is 0.330 e. The van der Waals surface area contributed by atoms with Crippen LogP contribution in [0.4, 0.5) is 0 Å². The van der Waals surface area contributed by atoms with Crippen molar-refractivity contribution in [2.75, 3.05) is 6.61 Å². The van der Waals surface area contributed by atoms with Crippen LogP contribution < -0.4 is 16.4 Å². The summed E-state index contributed by atoms with van der Waals surface area (Å²) in [6, 6.07) is 16.8. The van der Waals surface area contributed by atoms with Gasteiger partial charge in [-0.1, -0.05) is 42.5 Å². The van der Waals surface area contributed by atoms with Crippen LogP contribution in [0, 0.1) is 6.92 Å². The number of aromatic amines is 1. The number of nitrogens with one attached hydrogen (secondary N) is 3. The Hall–Kier alpha value is -4.73. The summed E-state index contributed by atoms with van der Waals surface area (Å²) in [7, 11) is 0. The minimum Gasteiger partial charge on any atom is -0.463 e. The van der Waals surface area contributed by atoms with Crippen molar-refractivity contribution in [2.45, 2.75) is 45.2 Å². The Labute approximate surface area is 228 Å². The molecular weight excluding hydrogens is 498 g/mol. The number of hydrogen-bond acceptors (Lipinski definition) is 6. The van der Waals surface area contributed by atoms with Gasteiger partial charge < -0.3 is 26.1 Å². The number of H-pyrrole nitrogens is 1. The molecule has 0 aliphatic heterocycles. The van der Waals surface area contributed by atoms with Crippen LogP contribution in [-0.4, -0.2) is 52.3 Å². The molecule has 0 bridgehead atoms. The van der Waals surface area contributed by atoms with Crippen molar-refractivity contribution in [1.82, 2.24) is 20.6 Å². The minimum absolute atomic E-state index is 0.00950. The molecule has 5 N–H and O–H groups in total. The number of rotatable bonds is 12. The van der Waals surface area contributed by atoms with Gasteiger partial charge in [0.25, 0.3) is 5.91 Å². The molecule has 39 heavy (non-hydrogen) atoms. The van der Waals surface area contributed by atoms with Gasteiger partial charge in [0.05, 0.1) is 6.61 Å². The maximum Gasteiger partial charge on any atom is 0.330 e. The highest BCUT2D eigenvalue weighted by atomic mass is 16.5. The predicted molar refractivity (Wildman–Crippen MR) is 147 cm³/mol. The average molecular weight is 534 g/mol. The number of pyridine rings is 1. The molecule has 3 amide bonds. The topological polar surface area (TPSA) is 156 Å². The third-order valence-electron chi connectivity index (χ3n) is 5.33. The second-order valence-corrected chi connectivity index (χ2v) is 8.53. The molecule has 10 nitrogen and oxygen atoms in total. The molecule has 2 atom stereocenters. The Balaban J connectivity index is 0.000000780. The third-order valence-corrected chi connectivity index (χ3v) is 5.33. The van der Waals surface area contributed by atoms with Crippen LogP contribution in [-0.2, 0) is 25.5 Å². The highest BCUT2D eigenvalue weighted by Crippen LogP contribution is 2.08. The van der Waals surface area contributed by atoms with Crippen LogP contribution in [0.5, 0.6) is 0 Å². The van der Waals surface area contributed by atoms with E-state index < -0.39 is 35.8 Å². The number of nitrogens with zero attached hydrogens (tertiary/aromatic N) is 1. The molecular formula is C29H35N5O5. The molecule has 3 aromatic rings. The molecule has 0 spiro atoms. The van der Waals surface area contributed by atoms with Crippen LogP contribution >= 0.6 is 0 Å². The number of esters is 1. The van der Waals surface area contributed by atoms with Gasteiger partial charge in [0.2, 0.25) is 11.8 Å². The number of aryl methyl sites for hydroxylation is 1. The Morgan fingerprint density at radius 3 is 2.23 bits per heavy atom. The maximum atomic E-state index is 13.1. The van der Waals surface area contributed by atoms with E-state index in [2.05, 4.69) is 20.6 Å². The fourth-order valence-corrected chi connectivity index (χ4v) is 3.43. The molecule has 0 fully saturated rings. The number of hydrogen-bond donors (Lipinski definition) is 4. The molecule has 2 heterocycles. The van der Waals surface area contributed by atoms with Crippen LogP contribution in [0.15, 0.2) is 85.2 Å². The lowest BCUT2D eigenvalue weighted by Crippen LogP contribution is -2.50. The Bertz CT molecular complexity index is 1180. The number of carbonyl (C=O) groups excluding carboxylic acids is 4. The SMILES string of the molecule is CCOC(=O)/C=C/[C@H](CCC(N)=O)NC(=O)[C@H](Cc1ccccc1)NC(=O)c1ccc(C)[nH]1.c1ccncc1. The molecule has 0 radical (unpaired) electrons. The number of carbonyl (C=O) groups is 4. The summed E-state index contributed by atoms with van der Waals surface area (Å²) in [4.78, 5) is 55.5. The van der Waals surface area contributed by atoms with Gasteiger partial charge in [0.1, 0.15) is 11.7 Å². The summed E-state index contributed by atoms with van der Waals surface area (Å²) >= 11 is 0. The van der Waals surface area contributed by atoms with Crippen molar-refractivity contribution >= 4 is 23.7 Å². The molecule has 0 aliphatic carbocycles. The van der Waals surface area contributed by atoms with E-state index in [1.54, 1.807) is 31.5 Å². The molecule has 1 aromatic carbocycles. The molecule has 0 saturated carbocycles. The second-order valence-electron chi connectivity index (χ2n) is 8.53. The van der Waals surface area contributed by atoms with Gasteiger partial charge in [-0.25, -0.2) is 4.79 Å². The Morgan fingerprint density at radius 2 is 1.69 bits per heavy atom. The molecule has 0 unspecified atom stereocenters. The number of primary amides is 1. The van der Waals surface area contributed by atoms with E-state index in [1.165, 1.54) is 12.2 Å². The standard InChI is InChI=1S/C24H30N4O5.C5H5N/c1-3-33-22(30)14-11-18(10-13-21(25)29)27-24(32)20(15-17-7-5-4-6-8-17)28-23(31)19-12-9-16(2)26-19;1-2-4-6-5-3-1/h4-9,11-12,14,18,20,26H,3,10,13,15H2,1-2H3,(H2,25,29)(H,27,32)(H,28,31);1-5H/b14-11+;/t18-,20-;/m0./s1. The van der Waals surface area contributed by atoms with E-state index in [0.717, 1.165) is 11.3 Å². The largest absolute Gasteiger partial charge is 0.463 e. The van der Waals surface area contributed by atoms with E-state index in [1.807, 2.05) is 55.5 Å². The first-order chi connectivity index (χ1) is 18.8. The maximum absolute atomic E-state index is 13.1. The van der Waals surface area contributed by atoms with E-state index in [9.17, 15) is 19.2 Å². The molecule has 206 valence electrons. The van der Waals surface area contributed by atoms with Crippen LogP contribution in [0.3, 0.4) is 0 Å². The zero-order valence-corrected chi connectivity index (χ0v) is 22.1. The third kappa shape index (κ3) is 12.4. The quantitative estimate of drug-likeness (QED) is 0.207. The summed E-state index contributed by atoms with van der Waals surface area (Å²) in [6.45, 7) is 3.72. The van der Waals surface area contributed by atoms with Gasteiger partial charge in [-0.3, -0.25) is 19.4 Å². The lowest BCUT2D eigenvalue weighted by Gasteiger charge is -2.22. The summed E-state index contributed by atoms with van der Waals surface area (Å²) in [5.41, 5.74) is 7.26. The zero-order valence-electron chi connectivity index (χ0n) is 22.1. The first kappa shape index (κ1) is 30.5. The monoisotopic (exact) mass is 533 g/mol. The summed E-state index contributed by atoms with van der Waals surface area (Å²) < 4.78 is 4.86. The Kier molecular flexibility index (Phi) is 13.2. The fraction of sp³-hybridized carbons (Fsp3) is 0.276. The first-order valence-electron chi connectivity index (χ1n) is 12.6. The van der Waals surface area contributed by atoms with Crippen molar-refractivity contribution in [2.24, 2.45) is 5.73 Å². The highest BCUT2D eigenvalue weighted by molar-refractivity contribution is 5.96. The van der Waals surface area contributed by atoms with Crippen molar-refractivity contribution in [3.05, 3.63) is 102 Å². The summed E-state index contributed by atoms with van der Waals surface area (Å²) in [5, 5.41) is 5.55. The average Bonchev–Trinajstić information content (AvgIpc) is 3.38. The van der Waals surface area contributed by atoms with Gasteiger partial charge in [-0.2, -0.15) is 0 Å². The lowest BCUT2D eigenvalue weighted by atomic mass is 10.0. The van der Waals surface area contributed by atoms with Gasteiger partial charge in [0.15, 0.2) is 0 Å². The van der Waals surface area contributed by atoms with E-state index in [0.29, 0.717) is 5.69 Å². The molecule has 3 rings (SSSR count). The van der Waals surface area contributed by atoms with Crippen molar-refractivity contribution in [3.63, 3.8) is 0 Å². The second kappa shape index (κ2) is 16.9. The molecule has 10 heteroatoms. The van der Waals surface area contributed by atoms with Gasteiger partial charge in [-0.05, 0) is 50.1 Å². The van der Waals surface area contributed by atoms with E-state index >= 15 is 0 Å². The fourth-order valence-electron chi connectivity index (χ4n) is 3.43. The number of nitrogens with two attached hydrogens (primary N) is 1. The van der Waals surface area contributed by atoms with Gasteiger partial charge in [-0.15, -0.1) is 0 Å². The van der Waals surface area contributed by atoms with Gasteiger partial charge in [0, 0.05) is 43.0 Å². The normalized spacial score (nSPS) is 11.9. The van der Waals surface area contributed by atoms with E-state index in [4.69, 9.17) is 10.5 Å². The van der Waals surface area contributed by atoms with Crippen molar-refractivity contribution in [3.8, 4) is 0 Å². The zero-order chi connectivity index (χ0) is 28.5. The molecule has 0 aliphatic rings. The van der Waals surface area contributed by atoms with Crippen molar-refractivity contribution < 1.29 is 23.9 Å². The number of benzene rings is 1. The predicted octanol–water partition coefficient (Wildman–Crippen LogP) is 2.62. The minimum atomic E-state index is -0.893. The van der Waals surface area contributed by atoms with Crippen LogP contribution in [0.1, 0.15) is 41.5 Å². The summed E-state index contributed by atoms with van der Waals surface area (Å²) in [5.74, 6) is -1.98.